The summed E-state index contributed by atoms with van der Waals surface area (Å²) >= 11 is 0. The summed E-state index contributed by atoms with van der Waals surface area (Å²) in [5, 5.41) is 11.3. The number of phenolic OH excluding ortho intramolecular Hbond substituents is 1. The Morgan fingerprint density at radius 1 is 1.10 bits per heavy atom. The largest absolute Gasteiger partial charge is 0.506 e. The van der Waals surface area contributed by atoms with E-state index in [1.807, 2.05) is 26.8 Å². The number of fused-ring (bicyclic) bond motifs is 3. The monoisotopic (exact) mass is 589 g/mol. The molecule has 0 amide bonds. The van der Waals surface area contributed by atoms with Gasteiger partial charge >= 0.3 is 0 Å². The van der Waals surface area contributed by atoms with Gasteiger partial charge in [0.2, 0.25) is 0 Å². The molecule has 0 saturated carbocycles. The SMILES string of the molecule is C/C=C(\C)CCC.CC/C=c1\c(C=O)c2[nH]c3c(O)ccc(C)c3n2\c1=C(\C)CC.CCCC(F)(P)CCC.CN. The summed E-state index contributed by atoms with van der Waals surface area (Å²) in [6.45, 7) is 18.8. The molecule has 1 unspecified atom stereocenters. The topological polar surface area (TPSA) is 83.5 Å². The number of phenols is 1. The Bertz CT molecular complexity index is 1360. The summed E-state index contributed by atoms with van der Waals surface area (Å²) in [5.74, 6) is 0.201. The number of carbonyl (C=O) groups is 1. The van der Waals surface area contributed by atoms with Crippen molar-refractivity contribution in [2.75, 3.05) is 7.05 Å². The molecule has 4 N–H and O–H groups in total. The van der Waals surface area contributed by atoms with Gasteiger partial charge in [0.15, 0.2) is 6.29 Å². The number of benzene rings is 1. The third kappa shape index (κ3) is 10.7. The van der Waals surface area contributed by atoms with Gasteiger partial charge in [0.1, 0.15) is 22.3 Å². The lowest BCUT2D eigenvalue weighted by Crippen LogP contribution is -2.29. The van der Waals surface area contributed by atoms with Gasteiger partial charge in [-0.05, 0) is 84.0 Å². The minimum Gasteiger partial charge on any atom is -0.506 e. The maximum absolute atomic E-state index is 13.1. The average molecular weight is 590 g/mol. The number of aromatic hydroxyl groups is 1. The molecule has 2 heterocycles. The molecular weight excluding hydrogens is 532 g/mol. The van der Waals surface area contributed by atoms with E-state index in [9.17, 15) is 14.3 Å². The number of aldehydes is 1. The van der Waals surface area contributed by atoms with Gasteiger partial charge in [-0.2, -0.15) is 0 Å². The number of rotatable bonds is 9. The van der Waals surface area contributed by atoms with Crippen molar-refractivity contribution in [2.24, 2.45) is 5.73 Å². The fourth-order valence-corrected chi connectivity index (χ4v) is 5.36. The molecular formula is C34H57FN3O2P. The highest BCUT2D eigenvalue weighted by Crippen LogP contribution is 2.31. The molecule has 3 rings (SSSR count). The van der Waals surface area contributed by atoms with Crippen LogP contribution in [0.1, 0.15) is 123 Å². The van der Waals surface area contributed by atoms with Crippen LogP contribution in [-0.2, 0) is 0 Å². The molecule has 0 aliphatic rings. The number of imidazole rings is 1. The summed E-state index contributed by atoms with van der Waals surface area (Å²) in [6, 6.07) is 3.59. The number of H-pyrrole nitrogens is 1. The summed E-state index contributed by atoms with van der Waals surface area (Å²) in [5.41, 5.74) is 11.3. The molecule has 0 radical (unpaired) electrons. The first-order valence-electron chi connectivity index (χ1n) is 15.1. The number of aryl methyl sites for hydroxylation is 1. The number of carbonyl (C=O) groups excluding carboxylic acids is 1. The van der Waals surface area contributed by atoms with Crippen molar-refractivity contribution in [3.63, 3.8) is 0 Å². The molecule has 232 valence electrons. The Hall–Kier alpha value is -2.43. The zero-order valence-corrected chi connectivity index (χ0v) is 28.5. The van der Waals surface area contributed by atoms with Gasteiger partial charge < -0.3 is 15.8 Å². The van der Waals surface area contributed by atoms with Crippen LogP contribution in [0.4, 0.5) is 4.39 Å². The van der Waals surface area contributed by atoms with Gasteiger partial charge in [0.25, 0.3) is 0 Å². The van der Waals surface area contributed by atoms with E-state index in [1.165, 1.54) is 31.0 Å². The minimum absolute atomic E-state index is 0.201. The summed E-state index contributed by atoms with van der Waals surface area (Å²) in [4.78, 5) is 15.0. The summed E-state index contributed by atoms with van der Waals surface area (Å²) in [6.07, 6.45) is 12.7. The molecule has 0 aliphatic heterocycles. The number of nitrogens with two attached hydrogens (primary N) is 1. The third-order valence-corrected chi connectivity index (χ3v) is 7.58. The summed E-state index contributed by atoms with van der Waals surface area (Å²) < 4.78 is 15.1. The van der Waals surface area contributed by atoms with Crippen molar-refractivity contribution in [1.29, 1.82) is 0 Å². The minimum atomic E-state index is -0.983. The lowest BCUT2D eigenvalue weighted by molar-refractivity contribution is 0.112. The predicted octanol–water partition coefficient (Wildman–Crippen LogP) is 8.47. The van der Waals surface area contributed by atoms with Crippen molar-refractivity contribution in [3.05, 3.63) is 45.5 Å². The quantitative estimate of drug-likeness (QED) is 0.133. The molecule has 2 aromatic heterocycles. The fraction of sp³-hybridized carbons (Fsp3) is 0.559. The first-order valence-corrected chi connectivity index (χ1v) is 15.7. The van der Waals surface area contributed by atoms with Gasteiger partial charge in [0.05, 0.1) is 16.4 Å². The molecule has 5 nitrogen and oxygen atoms in total. The van der Waals surface area contributed by atoms with Gasteiger partial charge in [-0.15, -0.1) is 0 Å². The van der Waals surface area contributed by atoms with Crippen molar-refractivity contribution in [2.45, 2.75) is 119 Å². The van der Waals surface area contributed by atoms with Gasteiger partial charge in [-0.3, -0.25) is 9.20 Å². The number of allylic oxidation sites excluding steroid dienone is 2. The van der Waals surface area contributed by atoms with Crippen LogP contribution in [0.25, 0.3) is 28.3 Å². The van der Waals surface area contributed by atoms with E-state index in [4.69, 9.17) is 0 Å². The normalized spacial score (nSPS) is 12.7. The average Bonchev–Trinajstić information content (AvgIpc) is 3.47. The van der Waals surface area contributed by atoms with Crippen molar-refractivity contribution >= 4 is 43.9 Å². The van der Waals surface area contributed by atoms with Crippen LogP contribution >= 0.6 is 9.24 Å². The molecule has 3 aromatic rings. The van der Waals surface area contributed by atoms with E-state index in [0.717, 1.165) is 59.3 Å². The van der Waals surface area contributed by atoms with Crippen molar-refractivity contribution in [3.8, 4) is 5.75 Å². The second-order valence-electron chi connectivity index (χ2n) is 10.4. The second-order valence-corrected chi connectivity index (χ2v) is 11.4. The molecule has 0 bridgehead atoms. The number of nitrogens with zero attached hydrogens (tertiary/aromatic N) is 1. The molecule has 41 heavy (non-hydrogen) atoms. The maximum atomic E-state index is 13.1. The van der Waals surface area contributed by atoms with Crippen molar-refractivity contribution < 1.29 is 14.3 Å². The predicted molar refractivity (Wildman–Crippen MR) is 182 cm³/mol. The van der Waals surface area contributed by atoms with Crippen LogP contribution in [-0.4, -0.2) is 33.2 Å². The Labute approximate surface area is 250 Å². The molecule has 7 heteroatoms. The number of hydrogen-bond acceptors (Lipinski definition) is 3. The molecule has 0 spiro atoms. The lowest BCUT2D eigenvalue weighted by atomic mass is 10.1. The van der Waals surface area contributed by atoms with Crippen LogP contribution in [0.5, 0.6) is 5.75 Å². The Balaban J connectivity index is 0.000000736. The highest BCUT2D eigenvalue weighted by molar-refractivity contribution is 7.18. The number of nitrogens with one attached hydrogen (secondary N) is 1. The van der Waals surface area contributed by atoms with Gasteiger partial charge in [-0.25, -0.2) is 4.39 Å². The highest BCUT2D eigenvalue weighted by atomic mass is 31.0. The molecule has 0 aliphatic carbocycles. The number of alkyl halides is 1. The second kappa shape index (κ2) is 19.6. The smallest absolute Gasteiger partial charge is 0.154 e. The van der Waals surface area contributed by atoms with E-state index >= 15 is 0 Å². The number of halogens is 1. The molecule has 1 aromatic carbocycles. The molecule has 0 fully saturated rings. The number of aromatic amines is 1. The zero-order chi connectivity index (χ0) is 31.8. The fourth-order valence-electron chi connectivity index (χ4n) is 4.78. The maximum Gasteiger partial charge on any atom is 0.154 e. The van der Waals surface area contributed by atoms with E-state index in [2.05, 4.69) is 78.1 Å². The molecule has 1 atom stereocenters. The lowest BCUT2D eigenvalue weighted by Gasteiger charge is -2.17. The van der Waals surface area contributed by atoms with Gasteiger partial charge in [-0.1, -0.05) is 86.9 Å². The van der Waals surface area contributed by atoms with Gasteiger partial charge in [0, 0.05) is 5.22 Å². The Kier molecular flexibility index (Phi) is 18.5. The third-order valence-electron chi connectivity index (χ3n) is 7.00. The highest BCUT2D eigenvalue weighted by Gasteiger charge is 2.20. The Morgan fingerprint density at radius 2 is 1.68 bits per heavy atom. The summed E-state index contributed by atoms with van der Waals surface area (Å²) in [7, 11) is 3.79. The zero-order valence-electron chi connectivity index (χ0n) is 27.4. The number of aromatic nitrogens is 2. The van der Waals surface area contributed by atoms with Crippen LogP contribution in [0.3, 0.4) is 0 Å². The van der Waals surface area contributed by atoms with Crippen LogP contribution in [0, 0.1) is 6.92 Å². The standard InChI is InChI=1S/C19H22N2O2.C7H16FP.C7H14.CH5N/c1-5-7-13-14(10-22)19-20-16-15(23)9-8-12(4)18(16)21(19)17(13)11(3)6-2;1-3-5-7(8,9)6-4-2;1-4-6-7(3)5-2;1-2/h7-10,20,23H,5-6H2,1-4H3;3-6,9H2,1-2H3;5H,4,6H2,1-3H3;2H2,1H3/b13-7+,17-11-;;7-5+;. The Morgan fingerprint density at radius 3 is 2.10 bits per heavy atom. The van der Waals surface area contributed by atoms with Crippen molar-refractivity contribution in [1.82, 2.24) is 9.38 Å². The molecule has 0 saturated heterocycles. The van der Waals surface area contributed by atoms with E-state index in [1.54, 1.807) is 6.07 Å². The van der Waals surface area contributed by atoms with E-state index < -0.39 is 5.41 Å². The van der Waals surface area contributed by atoms with E-state index in [0.29, 0.717) is 23.9 Å². The van der Waals surface area contributed by atoms with Crippen LogP contribution in [0.2, 0.25) is 0 Å². The first kappa shape index (κ1) is 38.6. The number of hydrogen-bond donors (Lipinski definition) is 3. The van der Waals surface area contributed by atoms with Crippen LogP contribution in [0.15, 0.2) is 23.8 Å². The van der Waals surface area contributed by atoms with E-state index in [-0.39, 0.29) is 5.75 Å². The van der Waals surface area contributed by atoms with Crippen LogP contribution < -0.4 is 16.3 Å². The first-order chi connectivity index (χ1) is 19.5.